The minimum absolute atomic E-state index is 0.428. The zero-order chi connectivity index (χ0) is 19.7. The molecule has 0 radical (unpaired) electrons. The van der Waals surface area contributed by atoms with Gasteiger partial charge in [0, 0.05) is 16.1 Å². The van der Waals surface area contributed by atoms with Gasteiger partial charge < -0.3 is 9.47 Å². The Bertz CT molecular complexity index is 1060. The number of ether oxygens (including phenoxy) is 2. The molecule has 8 heteroatoms. The lowest BCUT2D eigenvalue weighted by molar-refractivity contribution is 0.355. The summed E-state index contributed by atoms with van der Waals surface area (Å²) in [5, 5.41) is 9.36. The first kappa shape index (κ1) is 18.8. The average Bonchev–Trinajstić information content (AvgIpc) is 3.03. The van der Waals surface area contributed by atoms with Gasteiger partial charge in [0.05, 0.1) is 31.4 Å². The second-order valence-electron chi connectivity index (χ2n) is 6.20. The third-order valence-corrected chi connectivity index (χ3v) is 5.34. The lowest BCUT2D eigenvalue weighted by atomic mass is 10.00. The number of thioether (sulfide) groups is 1. The number of aliphatic imine (C=N–C) groups is 1. The predicted molar refractivity (Wildman–Crippen MR) is 112 cm³/mol. The van der Waals surface area contributed by atoms with Crippen molar-refractivity contribution in [2.24, 2.45) is 4.99 Å². The summed E-state index contributed by atoms with van der Waals surface area (Å²) < 4.78 is 12.9. The summed E-state index contributed by atoms with van der Waals surface area (Å²) in [6, 6.07) is 11.6. The SMILES string of the molecule is COc1ccc(C2=NCc3nnc(CSC)n3-c3ccc(Cl)cc32)cc1OC. The molecular formula is C20H19ClN4O2S. The van der Waals surface area contributed by atoms with E-state index in [2.05, 4.69) is 14.8 Å². The molecule has 0 atom stereocenters. The van der Waals surface area contributed by atoms with Gasteiger partial charge in [-0.25, -0.2) is 0 Å². The van der Waals surface area contributed by atoms with Gasteiger partial charge in [0.2, 0.25) is 0 Å². The van der Waals surface area contributed by atoms with Crippen LogP contribution in [0, 0.1) is 0 Å². The molecule has 0 N–H and O–H groups in total. The lowest BCUT2D eigenvalue weighted by Gasteiger charge is -2.15. The normalized spacial score (nSPS) is 12.6. The number of methoxy groups -OCH3 is 2. The molecule has 0 unspecified atom stereocenters. The van der Waals surface area contributed by atoms with Crippen LogP contribution in [0.2, 0.25) is 5.02 Å². The zero-order valence-electron chi connectivity index (χ0n) is 15.8. The van der Waals surface area contributed by atoms with Crippen LogP contribution in [0.1, 0.15) is 22.8 Å². The Morgan fingerprint density at radius 2 is 1.89 bits per heavy atom. The van der Waals surface area contributed by atoms with Gasteiger partial charge in [-0.1, -0.05) is 11.6 Å². The molecule has 6 nitrogen and oxygen atoms in total. The van der Waals surface area contributed by atoms with Gasteiger partial charge in [0.1, 0.15) is 12.4 Å². The second kappa shape index (κ2) is 7.85. The summed E-state index contributed by atoms with van der Waals surface area (Å²) in [7, 11) is 3.24. The summed E-state index contributed by atoms with van der Waals surface area (Å²) in [4.78, 5) is 4.85. The van der Waals surface area contributed by atoms with Crippen LogP contribution < -0.4 is 9.47 Å². The molecular weight excluding hydrogens is 396 g/mol. The van der Waals surface area contributed by atoms with Crippen molar-refractivity contribution in [2.45, 2.75) is 12.3 Å². The van der Waals surface area contributed by atoms with E-state index in [9.17, 15) is 0 Å². The molecule has 1 aromatic heterocycles. The molecule has 0 spiro atoms. The Kier molecular flexibility index (Phi) is 5.28. The highest BCUT2D eigenvalue weighted by molar-refractivity contribution is 7.97. The number of halogens is 1. The van der Waals surface area contributed by atoms with Crippen LogP contribution in [0.4, 0.5) is 0 Å². The van der Waals surface area contributed by atoms with Crippen LogP contribution in [0.3, 0.4) is 0 Å². The predicted octanol–water partition coefficient (Wildman–Crippen LogP) is 4.15. The first-order chi connectivity index (χ1) is 13.7. The van der Waals surface area contributed by atoms with E-state index < -0.39 is 0 Å². The van der Waals surface area contributed by atoms with Gasteiger partial charge in [-0.05, 0) is 42.7 Å². The molecule has 144 valence electrons. The first-order valence-corrected chi connectivity index (χ1v) is 10.4. The molecule has 0 aliphatic carbocycles. The highest BCUT2D eigenvalue weighted by Gasteiger charge is 2.23. The maximum atomic E-state index is 6.35. The zero-order valence-corrected chi connectivity index (χ0v) is 17.3. The van der Waals surface area contributed by atoms with E-state index in [4.69, 9.17) is 26.1 Å². The van der Waals surface area contributed by atoms with Crippen molar-refractivity contribution in [1.82, 2.24) is 14.8 Å². The Balaban J connectivity index is 1.91. The van der Waals surface area contributed by atoms with Crippen LogP contribution in [0.15, 0.2) is 41.4 Å². The van der Waals surface area contributed by atoms with Gasteiger partial charge in [-0.15, -0.1) is 10.2 Å². The summed E-state index contributed by atoms with van der Waals surface area (Å²) in [5.41, 5.74) is 3.66. The molecule has 28 heavy (non-hydrogen) atoms. The molecule has 0 saturated carbocycles. The number of rotatable bonds is 5. The molecule has 0 bridgehead atoms. The van der Waals surface area contributed by atoms with Gasteiger partial charge in [-0.3, -0.25) is 9.56 Å². The number of nitrogens with zero attached hydrogens (tertiary/aromatic N) is 4. The monoisotopic (exact) mass is 414 g/mol. The summed E-state index contributed by atoms with van der Waals surface area (Å²) in [6.45, 7) is 0.428. The number of hydrogen-bond acceptors (Lipinski definition) is 6. The third-order valence-electron chi connectivity index (χ3n) is 4.56. The van der Waals surface area contributed by atoms with Crippen molar-refractivity contribution < 1.29 is 9.47 Å². The fourth-order valence-corrected chi connectivity index (χ4v) is 3.93. The fraction of sp³-hybridized carbons (Fsp3) is 0.250. The van der Waals surface area contributed by atoms with E-state index in [0.29, 0.717) is 23.1 Å². The van der Waals surface area contributed by atoms with Crippen LogP contribution in [-0.2, 0) is 12.3 Å². The molecule has 0 fully saturated rings. The molecule has 1 aliphatic rings. The van der Waals surface area contributed by atoms with Crippen molar-refractivity contribution in [3.05, 3.63) is 64.2 Å². The maximum absolute atomic E-state index is 6.35. The van der Waals surface area contributed by atoms with Crippen LogP contribution in [0.5, 0.6) is 11.5 Å². The van der Waals surface area contributed by atoms with E-state index >= 15 is 0 Å². The van der Waals surface area contributed by atoms with Gasteiger partial charge in [0.15, 0.2) is 17.3 Å². The van der Waals surface area contributed by atoms with Crippen LogP contribution in [-0.4, -0.2) is 41.0 Å². The molecule has 4 rings (SSSR count). The van der Waals surface area contributed by atoms with Crippen molar-refractivity contribution >= 4 is 29.1 Å². The number of hydrogen-bond donors (Lipinski definition) is 0. The van der Waals surface area contributed by atoms with E-state index in [1.807, 2.05) is 42.7 Å². The van der Waals surface area contributed by atoms with Crippen molar-refractivity contribution in [3.8, 4) is 17.2 Å². The molecule has 2 aromatic carbocycles. The standard InChI is InChI=1S/C20H19ClN4O2S/c1-26-16-7-4-12(8-17(16)27-2)20-14-9-13(21)5-6-15(14)25-18(10-22-20)23-24-19(25)11-28-3/h4-9H,10-11H2,1-3H3. The molecule has 3 aromatic rings. The summed E-state index contributed by atoms with van der Waals surface area (Å²) >= 11 is 8.05. The Hall–Kier alpha value is -2.51. The van der Waals surface area contributed by atoms with Crippen LogP contribution >= 0.6 is 23.4 Å². The Morgan fingerprint density at radius 3 is 2.64 bits per heavy atom. The summed E-state index contributed by atoms with van der Waals surface area (Å²) in [5.74, 6) is 3.79. The Labute approximate surface area is 172 Å². The first-order valence-electron chi connectivity index (χ1n) is 8.65. The number of benzene rings is 2. The fourth-order valence-electron chi connectivity index (χ4n) is 3.31. The van der Waals surface area contributed by atoms with Gasteiger partial charge in [0.25, 0.3) is 0 Å². The Morgan fingerprint density at radius 1 is 1.07 bits per heavy atom. The van der Waals surface area contributed by atoms with E-state index in [1.165, 1.54) is 0 Å². The van der Waals surface area contributed by atoms with Gasteiger partial charge in [-0.2, -0.15) is 11.8 Å². The van der Waals surface area contributed by atoms with Crippen molar-refractivity contribution in [1.29, 1.82) is 0 Å². The molecule has 1 aliphatic heterocycles. The highest BCUT2D eigenvalue weighted by atomic mass is 35.5. The molecule has 2 heterocycles. The minimum atomic E-state index is 0.428. The highest BCUT2D eigenvalue weighted by Crippen LogP contribution is 2.32. The quantitative estimate of drug-likeness (QED) is 0.627. The number of aromatic nitrogens is 3. The van der Waals surface area contributed by atoms with Crippen LogP contribution in [0.25, 0.3) is 5.69 Å². The average molecular weight is 415 g/mol. The van der Waals surface area contributed by atoms with Crippen molar-refractivity contribution in [2.75, 3.05) is 20.5 Å². The molecule has 0 saturated heterocycles. The largest absolute Gasteiger partial charge is 0.493 e. The van der Waals surface area contributed by atoms with Crippen molar-refractivity contribution in [3.63, 3.8) is 0 Å². The maximum Gasteiger partial charge on any atom is 0.161 e. The smallest absolute Gasteiger partial charge is 0.161 e. The van der Waals surface area contributed by atoms with E-state index in [-0.39, 0.29) is 0 Å². The summed E-state index contributed by atoms with van der Waals surface area (Å²) in [6.07, 6.45) is 2.05. The topological polar surface area (TPSA) is 61.5 Å². The lowest BCUT2D eigenvalue weighted by Crippen LogP contribution is -2.09. The minimum Gasteiger partial charge on any atom is -0.493 e. The number of fused-ring (bicyclic) bond motifs is 3. The third kappa shape index (κ3) is 3.25. The van der Waals surface area contributed by atoms with E-state index in [1.54, 1.807) is 26.0 Å². The second-order valence-corrected chi connectivity index (χ2v) is 7.50. The van der Waals surface area contributed by atoms with Gasteiger partial charge >= 0.3 is 0 Å². The molecule has 0 amide bonds. The van der Waals surface area contributed by atoms with E-state index in [0.717, 1.165) is 39.9 Å².